The third kappa shape index (κ3) is 7.13. The molecule has 1 heterocycles. The number of hydrogen-bond donors (Lipinski definition) is 2. The third-order valence-electron chi connectivity index (χ3n) is 4.38. The summed E-state index contributed by atoms with van der Waals surface area (Å²) < 4.78 is 46.2. The number of halogens is 1. The maximum absolute atomic E-state index is 13.7. The van der Waals surface area contributed by atoms with Crippen molar-refractivity contribution in [1.29, 1.82) is 0 Å². The van der Waals surface area contributed by atoms with Gasteiger partial charge < -0.3 is 9.64 Å². The Morgan fingerprint density at radius 2 is 2.10 bits per heavy atom. The zero-order chi connectivity index (χ0) is 21.4. The van der Waals surface area contributed by atoms with Crippen LogP contribution in [-0.4, -0.2) is 50.7 Å². The molecule has 10 heteroatoms. The van der Waals surface area contributed by atoms with E-state index in [1.807, 2.05) is 0 Å². The van der Waals surface area contributed by atoms with Gasteiger partial charge in [0.25, 0.3) is 0 Å². The minimum atomic E-state index is -3.54. The topological polar surface area (TPSA) is 105 Å². The lowest BCUT2D eigenvalue weighted by Gasteiger charge is -2.16. The molecule has 1 aliphatic heterocycles. The molecule has 0 spiro atoms. The largest absolute Gasteiger partial charge is 0.486 e. The predicted molar refractivity (Wildman–Crippen MR) is 106 cm³/mol. The third-order valence-corrected chi connectivity index (χ3v) is 5.92. The lowest BCUT2D eigenvalue weighted by molar-refractivity contribution is -0.118. The maximum Gasteiger partial charge on any atom is 0.324 e. The van der Waals surface area contributed by atoms with Gasteiger partial charge in [0, 0.05) is 12.6 Å². The van der Waals surface area contributed by atoms with Crippen LogP contribution in [0.1, 0.15) is 37.8 Å². The van der Waals surface area contributed by atoms with E-state index < -0.39 is 27.9 Å². The molecule has 1 aromatic rings. The number of sulfonamides is 1. The van der Waals surface area contributed by atoms with Crippen LogP contribution in [0.2, 0.25) is 0 Å². The number of nitrogens with zero attached hydrogens (tertiary/aromatic N) is 1. The molecule has 0 unspecified atom stereocenters. The Hall–Kier alpha value is -2.46. The van der Waals surface area contributed by atoms with E-state index >= 15 is 0 Å². The summed E-state index contributed by atoms with van der Waals surface area (Å²) in [7, 11) is -3.54. The Bertz CT molecular complexity index is 859. The number of benzene rings is 1. The predicted octanol–water partition coefficient (Wildman–Crippen LogP) is 2.09. The van der Waals surface area contributed by atoms with Crippen LogP contribution in [0.15, 0.2) is 30.9 Å². The molecule has 160 valence electrons. The molecule has 1 saturated heterocycles. The van der Waals surface area contributed by atoms with Crippen molar-refractivity contribution in [3.8, 4) is 5.75 Å². The van der Waals surface area contributed by atoms with Crippen molar-refractivity contribution in [2.45, 2.75) is 32.2 Å². The first-order valence-corrected chi connectivity index (χ1v) is 11.0. The Labute approximate surface area is 170 Å². The molecule has 0 saturated carbocycles. The van der Waals surface area contributed by atoms with E-state index in [9.17, 15) is 22.4 Å². The van der Waals surface area contributed by atoms with Crippen LogP contribution in [-0.2, 0) is 14.8 Å². The quantitative estimate of drug-likeness (QED) is 0.302. The van der Waals surface area contributed by atoms with Gasteiger partial charge in [0.05, 0.1) is 5.75 Å². The van der Waals surface area contributed by atoms with Crippen LogP contribution in [0.5, 0.6) is 5.75 Å². The van der Waals surface area contributed by atoms with Gasteiger partial charge in [-0.05, 0) is 37.5 Å². The summed E-state index contributed by atoms with van der Waals surface area (Å²) in [6.45, 7) is 5.78. The van der Waals surface area contributed by atoms with Gasteiger partial charge in [-0.25, -0.2) is 22.3 Å². The minimum absolute atomic E-state index is 0.0397. The van der Waals surface area contributed by atoms with Crippen molar-refractivity contribution in [3.05, 3.63) is 42.2 Å². The van der Waals surface area contributed by atoms with Crippen molar-refractivity contribution in [2.24, 2.45) is 0 Å². The van der Waals surface area contributed by atoms with Crippen molar-refractivity contribution in [3.63, 3.8) is 0 Å². The number of unbranched alkanes of at least 4 members (excludes halogenated alkanes) is 2. The van der Waals surface area contributed by atoms with Gasteiger partial charge in [-0.3, -0.25) is 10.1 Å². The second-order valence-electron chi connectivity index (χ2n) is 6.78. The molecule has 0 radical (unpaired) electrons. The Balaban J connectivity index is 1.78. The van der Waals surface area contributed by atoms with Gasteiger partial charge in [-0.2, -0.15) is 0 Å². The smallest absolute Gasteiger partial charge is 0.324 e. The van der Waals surface area contributed by atoms with Crippen molar-refractivity contribution in [1.82, 2.24) is 14.9 Å². The number of urea groups is 1. The van der Waals surface area contributed by atoms with Crippen molar-refractivity contribution in [2.75, 3.05) is 25.4 Å². The van der Waals surface area contributed by atoms with Gasteiger partial charge >= 0.3 is 6.03 Å². The van der Waals surface area contributed by atoms with Crippen LogP contribution in [0.25, 0.3) is 0 Å². The van der Waals surface area contributed by atoms with Gasteiger partial charge in [-0.1, -0.05) is 25.1 Å². The van der Waals surface area contributed by atoms with Gasteiger partial charge in [0.15, 0.2) is 11.6 Å². The average molecular weight is 427 g/mol. The van der Waals surface area contributed by atoms with Crippen LogP contribution >= 0.6 is 0 Å². The zero-order valence-electron chi connectivity index (χ0n) is 16.3. The fourth-order valence-corrected chi connectivity index (χ4v) is 4.26. The average Bonchev–Trinajstić information content (AvgIpc) is 2.97. The molecule has 8 nitrogen and oxygen atoms in total. The van der Waals surface area contributed by atoms with E-state index in [2.05, 4.69) is 16.6 Å². The van der Waals surface area contributed by atoms with Crippen LogP contribution in [0, 0.1) is 5.82 Å². The van der Waals surface area contributed by atoms with Crippen LogP contribution in [0.4, 0.5) is 9.18 Å². The summed E-state index contributed by atoms with van der Waals surface area (Å²) in [5.74, 6) is -0.879. The summed E-state index contributed by atoms with van der Waals surface area (Å²) in [5.41, 5.74) is 0.582. The van der Waals surface area contributed by atoms with Crippen molar-refractivity contribution >= 4 is 22.0 Å². The second kappa shape index (κ2) is 10.4. The highest BCUT2D eigenvalue weighted by molar-refractivity contribution is 7.89. The minimum Gasteiger partial charge on any atom is -0.486 e. The fourth-order valence-electron chi connectivity index (χ4n) is 2.88. The summed E-state index contributed by atoms with van der Waals surface area (Å²) in [6.07, 6.45) is 3.12. The molecule has 2 N–H and O–H groups in total. The Morgan fingerprint density at radius 1 is 1.34 bits per heavy atom. The summed E-state index contributed by atoms with van der Waals surface area (Å²) in [6, 6.07) is 3.25. The SMILES string of the molecule is C=CCOc1cc([C@H](C)NS(=O)(=O)CCCCCN2CC(=O)NC2=O)ccc1F. The number of carbonyl (C=O) groups excluding carboxylic acids is 2. The van der Waals surface area contributed by atoms with Gasteiger partial charge in [0.2, 0.25) is 15.9 Å². The lowest BCUT2D eigenvalue weighted by atomic mass is 10.1. The molecule has 29 heavy (non-hydrogen) atoms. The fraction of sp³-hybridized carbons (Fsp3) is 0.474. The number of imide groups is 1. The van der Waals surface area contributed by atoms with E-state index in [-0.39, 0.29) is 30.6 Å². The first kappa shape index (κ1) is 22.8. The Kier molecular flexibility index (Phi) is 8.15. The normalized spacial score (nSPS) is 15.3. The van der Waals surface area contributed by atoms with Crippen LogP contribution in [0.3, 0.4) is 0 Å². The number of hydrogen-bond acceptors (Lipinski definition) is 5. The zero-order valence-corrected chi connectivity index (χ0v) is 17.1. The summed E-state index contributed by atoms with van der Waals surface area (Å²) in [4.78, 5) is 23.9. The first-order valence-electron chi connectivity index (χ1n) is 9.34. The number of rotatable bonds is 12. The van der Waals surface area contributed by atoms with E-state index in [4.69, 9.17) is 4.74 Å². The van der Waals surface area contributed by atoms with E-state index in [1.54, 1.807) is 6.92 Å². The van der Waals surface area contributed by atoms with Gasteiger partial charge in [0.1, 0.15) is 13.2 Å². The highest BCUT2D eigenvalue weighted by atomic mass is 32.2. The first-order chi connectivity index (χ1) is 13.7. The van der Waals surface area contributed by atoms with Gasteiger partial charge in [-0.15, -0.1) is 0 Å². The second-order valence-corrected chi connectivity index (χ2v) is 8.66. The molecular formula is C19H26FN3O5S. The highest BCUT2D eigenvalue weighted by Crippen LogP contribution is 2.23. The Morgan fingerprint density at radius 3 is 2.76 bits per heavy atom. The molecule has 1 aromatic carbocycles. The molecule has 1 aliphatic rings. The standard InChI is InChI=1S/C19H26FN3O5S/c1-3-10-28-17-12-15(7-8-16(17)20)14(2)22-29(26,27)11-6-4-5-9-23-13-18(24)21-19(23)25/h3,7-8,12,14,22H,1,4-6,9-11,13H2,2H3,(H,21,24,25)/t14-/m0/s1. The molecule has 2 rings (SSSR count). The number of nitrogens with one attached hydrogen (secondary N) is 2. The number of carbonyl (C=O) groups is 2. The van der Waals surface area contributed by atoms with E-state index in [1.165, 1.54) is 29.2 Å². The highest BCUT2D eigenvalue weighted by Gasteiger charge is 2.25. The summed E-state index contributed by atoms with van der Waals surface area (Å²) in [5, 5.41) is 2.19. The molecule has 1 atom stereocenters. The monoisotopic (exact) mass is 427 g/mol. The molecule has 3 amide bonds. The van der Waals surface area contributed by atoms with Crippen LogP contribution < -0.4 is 14.8 Å². The molecule has 0 aromatic heterocycles. The number of ether oxygens (including phenoxy) is 1. The lowest BCUT2D eigenvalue weighted by Crippen LogP contribution is -2.30. The number of amides is 3. The van der Waals surface area contributed by atoms with E-state index in [0.29, 0.717) is 31.4 Å². The molecule has 1 fully saturated rings. The summed E-state index contributed by atoms with van der Waals surface area (Å²) >= 11 is 0. The molecule has 0 aliphatic carbocycles. The maximum atomic E-state index is 13.7. The van der Waals surface area contributed by atoms with E-state index in [0.717, 1.165) is 0 Å². The molecule has 0 bridgehead atoms. The van der Waals surface area contributed by atoms with Crippen molar-refractivity contribution < 1.29 is 27.1 Å². The molecular weight excluding hydrogens is 401 g/mol.